The summed E-state index contributed by atoms with van der Waals surface area (Å²) in [7, 11) is 0. The number of nitrogens with zero attached hydrogens (tertiary/aromatic N) is 2. The molecule has 1 unspecified atom stereocenters. The summed E-state index contributed by atoms with van der Waals surface area (Å²) in [6.45, 7) is 6.04. The van der Waals surface area contributed by atoms with Crippen LogP contribution in [-0.2, 0) is 4.79 Å². The van der Waals surface area contributed by atoms with E-state index in [0.29, 0.717) is 6.42 Å². The van der Waals surface area contributed by atoms with Gasteiger partial charge in [0, 0.05) is 6.04 Å². The average Bonchev–Trinajstić information content (AvgIpc) is 2.55. The SMILES string of the molecule is CC(C)N1C(=O)CC(C)N1c1ccc(O)cc1. The van der Waals surface area contributed by atoms with Crippen LogP contribution in [0.2, 0.25) is 0 Å². The van der Waals surface area contributed by atoms with Crippen molar-refractivity contribution in [1.82, 2.24) is 5.01 Å². The Kier molecular flexibility index (Phi) is 2.96. The summed E-state index contributed by atoms with van der Waals surface area (Å²) >= 11 is 0. The van der Waals surface area contributed by atoms with E-state index in [1.54, 1.807) is 17.1 Å². The van der Waals surface area contributed by atoms with Gasteiger partial charge in [0.15, 0.2) is 0 Å². The number of rotatable bonds is 2. The molecule has 0 bridgehead atoms. The lowest BCUT2D eigenvalue weighted by molar-refractivity contribution is -0.129. The Balaban J connectivity index is 2.34. The minimum Gasteiger partial charge on any atom is -0.508 e. The first kappa shape index (κ1) is 11.8. The molecule has 0 aromatic heterocycles. The van der Waals surface area contributed by atoms with Gasteiger partial charge in [-0.05, 0) is 45.0 Å². The van der Waals surface area contributed by atoms with Crippen molar-refractivity contribution in [2.75, 3.05) is 5.01 Å². The first-order valence-corrected chi connectivity index (χ1v) is 5.91. The van der Waals surface area contributed by atoms with Gasteiger partial charge < -0.3 is 5.11 Å². The Bertz CT molecular complexity index is 414. The van der Waals surface area contributed by atoms with Crippen molar-refractivity contribution in [2.45, 2.75) is 39.3 Å². The van der Waals surface area contributed by atoms with Gasteiger partial charge in [-0.25, -0.2) is 0 Å². The normalized spacial score (nSPS) is 20.5. The van der Waals surface area contributed by atoms with E-state index < -0.39 is 0 Å². The van der Waals surface area contributed by atoms with E-state index in [9.17, 15) is 9.90 Å². The summed E-state index contributed by atoms with van der Waals surface area (Å²) in [4.78, 5) is 11.9. The third kappa shape index (κ3) is 2.07. The fourth-order valence-electron chi connectivity index (χ4n) is 2.29. The van der Waals surface area contributed by atoms with Gasteiger partial charge in [-0.15, -0.1) is 0 Å². The zero-order valence-corrected chi connectivity index (χ0v) is 10.4. The van der Waals surface area contributed by atoms with Crippen molar-refractivity contribution in [1.29, 1.82) is 0 Å². The predicted molar refractivity (Wildman–Crippen MR) is 66.6 cm³/mol. The number of hydrogen-bond donors (Lipinski definition) is 1. The number of hydrogen-bond acceptors (Lipinski definition) is 3. The Hall–Kier alpha value is -1.71. The van der Waals surface area contributed by atoms with Crippen LogP contribution in [0.15, 0.2) is 24.3 Å². The third-order valence-corrected chi connectivity index (χ3v) is 2.98. The van der Waals surface area contributed by atoms with E-state index >= 15 is 0 Å². The Morgan fingerprint density at radius 2 is 1.88 bits per heavy atom. The van der Waals surface area contributed by atoms with Gasteiger partial charge in [-0.2, -0.15) is 0 Å². The molecule has 17 heavy (non-hydrogen) atoms. The van der Waals surface area contributed by atoms with E-state index in [2.05, 4.69) is 0 Å². The lowest BCUT2D eigenvalue weighted by atomic mass is 10.2. The van der Waals surface area contributed by atoms with Crippen molar-refractivity contribution in [2.24, 2.45) is 0 Å². The van der Waals surface area contributed by atoms with Gasteiger partial charge in [-0.1, -0.05) is 0 Å². The largest absolute Gasteiger partial charge is 0.508 e. The number of amides is 1. The Labute approximate surface area is 101 Å². The molecule has 1 heterocycles. The van der Waals surface area contributed by atoms with Crippen LogP contribution in [0.25, 0.3) is 0 Å². The molecule has 4 heteroatoms. The standard InChI is InChI=1S/C13H18N2O2/c1-9(2)14-13(17)8-10(3)15(14)11-4-6-12(16)7-5-11/h4-7,9-10,16H,8H2,1-3H3. The van der Waals surface area contributed by atoms with Crippen molar-refractivity contribution < 1.29 is 9.90 Å². The highest BCUT2D eigenvalue weighted by Gasteiger charge is 2.36. The number of anilines is 1. The molecule has 0 radical (unpaired) electrons. The van der Waals surface area contributed by atoms with Crippen LogP contribution in [0.3, 0.4) is 0 Å². The second-order valence-corrected chi connectivity index (χ2v) is 4.75. The number of carbonyl (C=O) groups is 1. The molecule has 1 atom stereocenters. The highest BCUT2D eigenvalue weighted by Crippen LogP contribution is 2.29. The molecule has 1 aromatic carbocycles. The Morgan fingerprint density at radius 1 is 1.29 bits per heavy atom. The predicted octanol–water partition coefficient (Wildman–Crippen LogP) is 2.14. The minimum absolute atomic E-state index is 0.140. The molecule has 1 N–H and O–H groups in total. The van der Waals surface area contributed by atoms with Crippen LogP contribution in [0.1, 0.15) is 27.2 Å². The van der Waals surface area contributed by atoms with Crippen LogP contribution in [0.4, 0.5) is 5.69 Å². The number of benzene rings is 1. The maximum atomic E-state index is 11.9. The number of aromatic hydroxyl groups is 1. The van der Waals surface area contributed by atoms with E-state index in [-0.39, 0.29) is 23.7 Å². The molecule has 1 aliphatic heterocycles. The van der Waals surface area contributed by atoms with Gasteiger partial charge in [0.2, 0.25) is 5.91 Å². The summed E-state index contributed by atoms with van der Waals surface area (Å²) in [5, 5.41) is 13.1. The Morgan fingerprint density at radius 3 is 2.41 bits per heavy atom. The molecule has 4 nitrogen and oxygen atoms in total. The lowest BCUT2D eigenvalue weighted by Gasteiger charge is -2.35. The molecule has 92 valence electrons. The summed E-state index contributed by atoms with van der Waals surface area (Å²) in [6.07, 6.45) is 0.541. The molecule has 2 rings (SSSR count). The molecule has 1 aromatic rings. The lowest BCUT2D eigenvalue weighted by Crippen LogP contribution is -2.46. The minimum atomic E-state index is 0.140. The first-order valence-electron chi connectivity index (χ1n) is 5.91. The maximum Gasteiger partial charge on any atom is 0.243 e. The van der Waals surface area contributed by atoms with Gasteiger partial charge in [-0.3, -0.25) is 14.8 Å². The van der Waals surface area contributed by atoms with E-state index in [0.717, 1.165) is 5.69 Å². The molecular weight excluding hydrogens is 216 g/mol. The second-order valence-electron chi connectivity index (χ2n) is 4.75. The fraction of sp³-hybridized carbons (Fsp3) is 0.462. The highest BCUT2D eigenvalue weighted by molar-refractivity contribution is 5.83. The van der Waals surface area contributed by atoms with Gasteiger partial charge in [0.1, 0.15) is 5.75 Å². The van der Waals surface area contributed by atoms with Crippen LogP contribution in [-0.4, -0.2) is 28.1 Å². The topological polar surface area (TPSA) is 43.8 Å². The summed E-state index contributed by atoms with van der Waals surface area (Å²) < 4.78 is 0. The van der Waals surface area contributed by atoms with E-state index in [4.69, 9.17) is 0 Å². The number of phenols is 1. The molecule has 0 saturated carbocycles. The highest BCUT2D eigenvalue weighted by atomic mass is 16.3. The smallest absolute Gasteiger partial charge is 0.243 e. The van der Waals surface area contributed by atoms with E-state index in [1.807, 2.05) is 37.9 Å². The molecular formula is C13H18N2O2. The monoisotopic (exact) mass is 234 g/mol. The average molecular weight is 234 g/mol. The molecule has 1 saturated heterocycles. The van der Waals surface area contributed by atoms with Crippen LogP contribution in [0.5, 0.6) is 5.75 Å². The van der Waals surface area contributed by atoms with Gasteiger partial charge in [0.05, 0.1) is 18.2 Å². The first-order chi connectivity index (χ1) is 8.00. The van der Waals surface area contributed by atoms with Crippen LogP contribution >= 0.6 is 0 Å². The zero-order valence-electron chi connectivity index (χ0n) is 10.4. The zero-order chi connectivity index (χ0) is 12.6. The van der Waals surface area contributed by atoms with Crippen molar-refractivity contribution >= 4 is 11.6 Å². The molecule has 1 amide bonds. The van der Waals surface area contributed by atoms with Crippen molar-refractivity contribution in [3.63, 3.8) is 0 Å². The maximum absolute atomic E-state index is 11.9. The third-order valence-electron chi connectivity index (χ3n) is 2.98. The number of phenolic OH excluding ortho intramolecular Hbond substituents is 1. The van der Waals surface area contributed by atoms with Gasteiger partial charge >= 0.3 is 0 Å². The fourth-order valence-corrected chi connectivity index (χ4v) is 2.29. The van der Waals surface area contributed by atoms with Crippen molar-refractivity contribution in [3.05, 3.63) is 24.3 Å². The van der Waals surface area contributed by atoms with Crippen LogP contribution < -0.4 is 5.01 Å². The second kappa shape index (κ2) is 4.28. The number of hydrazine groups is 1. The molecule has 0 spiro atoms. The summed E-state index contributed by atoms with van der Waals surface area (Å²) in [6, 6.07) is 7.25. The number of carbonyl (C=O) groups excluding carboxylic acids is 1. The quantitative estimate of drug-likeness (QED) is 0.852. The van der Waals surface area contributed by atoms with Crippen LogP contribution in [0, 0.1) is 0 Å². The molecule has 1 fully saturated rings. The van der Waals surface area contributed by atoms with Gasteiger partial charge in [0.25, 0.3) is 0 Å². The summed E-state index contributed by atoms with van der Waals surface area (Å²) in [5.41, 5.74) is 0.940. The molecule has 1 aliphatic rings. The molecule has 0 aliphatic carbocycles. The summed E-state index contributed by atoms with van der Waals surface area (Å²) in [5.74, 6) is 0.392. The van der Waals surface area contributed by atoms with E-state index in [1.165, 1.54) is 0 Å². The van der Waals surface area contributed by atoms with Crippen molar-refractivity contribution in [3.8, 4) is 5.75 Å².